The Morgan fingerprint density at radius 3 is 2.75 bits per heavy atom. The summed E-state index contributed by atoms with van der Waals surface area (Å²) in [5, 5.41) is 10.8. The summed E-state index contributed by atoms with van der Waals surface area (Å²) in [4.78, 5) is 8.33. The van der Waals surface area contributed by atoms with Gasteiger partial charge in [-0.1, -0.05) is 19.3 Å². The van der Waals surface area contributed by atoms with Gasteiger partial charge in [0.2, 0.25) is 0 Å². The standard InChI is InChI=1S/C12H18N4/c1-9-11(7-13)12(15-8-14-9)16-10-5-3-2-4-6-10/h7-8,10,13H,2-6H2,1H3,(H,14,15,16). The first-order valence-electron chi connectivity index (χ1n) is 5.90. The monoisotopic (exact) mass is 218 g/mol. The van der Waals surface area contributed by atoms with Gasteiger partial charge >= 0.3 is 0 Å². The Balaban J connectivity index is 2.13. The zero-order chi connectivity index (χ0) is 11.4. The van der Waals surface area contributed by atoms with E-state index in [0.717, 1.165) is 17.1 Å². The van der Waals surface area contributed by atoms with Gasteiger partial charge in [-0.05, 0) is 19.8 Å². The molecular formula is C12H18N4. The van der Waals surface area contributed by atoms with Crippen molar-refractivity contribution in [3.05, 3.63) is 17.6 Å². The summed E-state index contributed by atoms with van der Waals surface area (Å²) < 4.78 is 0. The minimum absolute atomic E-state index is 0.516. The van der Waals surface area contributed by atoms with Gasteiger partial charge in [-0.15, -0.1) is 0 Å². The highest BCUT2D eigenvalue weighted by Crippen LogP contribution is 2.22. The van der Waals surface area contributed by atoms with Crippen molar-refractivity contribution >= 4 is 12.0 Å². The van der Waals surface area contributed by atoms with Crippen molar-refractivity contribution in [2.24, 2.45) is 0 Å². The summed E-state index contributed by atoms with van der Waals surface area (Å²) in [6.07, 6.45) is 9.25. The number of anilines is 1. The summed E-state index contributed by atoms with van der Waals surface area (Å²) in [6, 6.07) is 0.516. The van der Waals surface area contributed by atoms with Crippen LogP contribution in [0.4, 0.5) is 5.82 Å². The van der Waals surface area contributed by atoms with E-state index in [1.165, 1.54) is 38.3 Å². The second-order valence-electron chi connectivity index (χ2n) is 4.34. The fraction of sp³-hybridized carbons (Fsp3) is 0.583. The van der Waals surface area contributed by atoms with Crippen molar-refractivity contribution in [3.63, 3.8) is 0 Å². The molecule has 1 aromatic rings. The number of nitrogens with one attached hydrogen (secondary N) is 2. The highest BCUT2D eigenvalue weighted by molar-refractivity contribution is 5.85. The molecule has 0 spiro atoms. The van der Waals surface area contributed by atoms with E-state index >= 15 is 0 Å². The van der Waals surface area contributed by atoms with Crippen LogP contribution < -0.4 is 5.32 Å². The maximum atomic E-state index is 7.40. The van der Waals surface area contributed by atoms with Gasteiger partial charge in [0, 0.05) is 12.3 Å². The lowest BCUT2D eigenvalue weighted by Gasteiger charge is -2.24. The Morgan fingerprint density at radius 1 is 1.31 bits per heavy atom. The van der Waals surface area contributed by atoms with Crippen LogP contribution in [0.2, 0.25) is 0 Å². The van der Waals surface area contributed by atoms with Gasteiger partial charge in [0.1, 0.15) is 12.1 Å². The summed E-state index contributed by atoms with van der Waals surface area (Å²) in [5.74, 6) is 0.814. The molecule has 1 aliphatic rings. The van der Waals surface area contributed by atoms with Crippen LogP contribution in [0.1, 0.15) is 43.4 Å². The quantitative estimate of drug-likeness (QED) is 0.766. The van der Waals surface area contributed by atoms with E-state index in [4.69, 9.17) is 5.41 Å². The molecule has 0 radical (unpaired) electrons. The highest BCUT2D eigenvalue weighted by Gasteiger charge is 2.15. The second-order valence-corrected chi connectivity index (χ2v) is 4.34. The maximum Gasteiger partial charge on any atom is 0.138 e. The molecule has 1 aromatic heterocycles. The fourth-order valence-corrected chi connectivity index (χ4v) is 2.21. The van der Waals surface area contributed by atoms with Crippen LogP contribution in [-0.4, -0.2) is 22.2 Å². The van der Waals surface area contributed by atoms with E-state index in [1.54, 1.807) is 6.33 Å². The minimum atomic E-state index is 0.516. The molecule has 0 amide bonds. The second kappa shape index (κ2) is 5.05. The van der Waals surface area contributed by atoms with Crippen LogP contribution in [0.15, 0.2) is 6.33 Å². The van der Waals surface area contributed by atoms with Crippen molar-refractivity contribution in [1.82, 2.24) is 9.97 Å². The lowest BCUT2D eigenvalue weighted by molar-refractivity contribution is 0.461. The van der Waals surface area contributed by atoms with Gasteiger partial charge < -0.3 is 10.7 Å². The molecule has 1 saturated carbocycles. The summed E-state index contributed by atoms with van der Waals surface area (Å²) in [5.41, 5.74) is 1.68. The molecule has 86 valence electrons. The van der Waals surface area contributed by atoms with E-state index < -0.39 is 0 Å². The van der Waals surface area contributed by atoms with Gasteiger partial charge in [0.05, 0.1) is 11.3 Å². The number of aromatic nitrogens is 2. The summed E-state index contributed by atoms with van der Waals surface area (Å²) in [7, 11) is 0. The fourth-order valence-electron chi connectivity index (χ4n) is 2.21. The van der Waals surface area contributed by atoms with Crippen LogP contribution in [0, 0.1) is 12.3 Å². The Hall–Kier alpha value is -1.45. The predicted octanol–water partition coefficient (Wildman–Crippen LogP) is 2.53. The van der Waals surface area contributed by atoms with Crippen LogP contribution in [-0.2, 0) is 0 Å². The molecule has 2 N–H and O–H groups in total. The van der Waals surface area contributed by atoms with Gasteiger partial charge in [-0.2, -0.15) is 0 Å². The third kappa shape index (κ3) is 2.38. The molecule has 0 atom stereocenters. The zero-order valence-electron chi connectivity index (χ0n) is 9.66. The number of aryl methyl sites for hydroxylation is 1. The normalized spacial score (nSPS) is 17.1. The van der Waals surface area contributed by atoms with Crippen molar-refractivity contribution in [2.75, 3.05) is 5.32 Å². The number of nitrogens with zero attached hydrogens (tertiary/aromatic N) is 2. The smallest absolute Gasteiger partial charge is 0.138 e. The Bertz CT molecular complexity index is 369. The number of hydrogen-bond donors (Lipinski definition) is 2. The molecule has 1 aliphatic carbocycles. The Kier molecular flexibility index (Phi) is 3.49. The highest BCUT2D eigenvalue weighted by atomic mass is 15.0. The molecule has 1 heterocycles. The topological polar surface area (TPSA) is 61.7 Å². The Labute approximate surface area is 96.0 Å². The van der Waals surface area contributed by atoms with Gasteiger partial charge in [0.15, 0.2) is 0 Å². The van der Waals surface area contributed by atoms with E-state index in [9.17, 15) is 0 Å². The van der Waals surface area contributed by atoms with Crippen LogP contribution in [0.25, 0.3) is 0 Å². The van der Waals surface area contributed by atoms with Crippen molar-refractivity contribution in [2.45, 2.75) is 45.1 Å². The van der Waals surface area contributed by atoms with Crippen LogP contribution >= 0.6 is 0 Å². The first-order chi connectivity index (χ1) is 7.81. The average molecular weight is 218 g/mol. The molecule has 2 rings (SSSR count). The van der Waals surface area contributed by atoms with Crippen LogP contribution in [0.5, 0.6) is 0 Å². The summed E-state index contributed by atoms with van der Waals surface area (Å²) >= 11 is 0. The molecule has 16 heavy (non-hydrogen) atoms. The zero-order valence-corrected chi connectivity index (χ0v) is 9.66. The molecule has 0 bridgehead atoms. The van der Waals surface area contributed by atoms with Gasteiger partial charge in [0.25, 0.3) is 0 Å². The number of hydrogen-bond acceptors (Lipinski definition) is 4. The SMILES string of the molecule is Cc1ncnc(NC2CCCCC2)c1C=N. The Morgan fingerprint density at radius 2 is 2.06 bits per heavy atom. The summed E-state index contributed by atoms with van der Waals surface area (Å²) in [6.45, 7) is 1.91. The minimum Gasteiger partial charge on any atom is -0.367 e. The molecule has 0 aromatic carbocycles. The molecule has 0 aliphatic heterocycles. The van der Waals surface area contributed by atoms with Gasteiger partial charge in [-0.25, -0.2) is 9.97 Å². The molecule has 0 unspecified atom stereocenters. The number of rotatable bonds is 3. The van der Waals surface area contributed by atoms with Crippen molar-refractivity contribution < 1.29 is 0 Å². The van der Waals surface area contributed by atoms with E-state index in [1.807, 2.05) is 6.92 Å². The molecule has 0 saturated heterocycles. The lowest BCUT2D eigenvalue weighted by atomic mass is 9.95. The third-order valence-corrected chi connectivity index (χ3v) is 3.17. The average Bonchev–Trinajstić information content (AvgIpc) is 2.31. The van der Waals surface area contributed by atoms with Gasteiger partial charge in [-0.3, -0.25) is 0 Å². The molecule has 4 nitrogen and oxygen atoms in total. The van der Waals surface area contributed by atoms with E-state index in [2.05, 4.69) is 15.3 Å². The predicted molar refractivity (Wildman–Crippen MR) is 65.2 cm³/mol. The first-order valence-corrected chi connectivity index (χ1v) is 5.90. The largest absolute Gasteiger partial charge is 0.367 e. The van der Waals surface area contributed by atoms with Crippen molar-refractivity contribution in [1.29, 1.82) is 5.41 Å². The maximum absolute atomic E-state index is 7.40. The molecule has 1 fully saturated rings. The first kappa shape index (κ1) is 11.0. The van der Waals surface area contributed by atoms with E-state index in [0.29, 0.717) is 6.04 Å². The molecular weight excluding hydrogens is 200 g/mol. The van der Waals surface area contributed by atoms with E-state index in [-0.39, 0.29) is 0 Å². The third-order valence-electron chi connectivity index (χ3n) is 3.17. The van der Waals surface area contributed by atoms with Crippen molar-refractivity contribution in [3.8, 4) is 0 Å². The molecule has 4 heteroatoms. The lowest BCUT2D eigenvalue weighted by Crippen LogP contribution is -2.24. The van der Waals surface area contributed by atoms with Crippen LogP contribution in [0.3, 0.4) is 0 Å².